The largest absolute Gasteiger partial charge is 0.493 e. The smallest absolute Gasteiger partial charge is 0.416 e. The molecule has 3 aromatic carbocycles. The van der Waals surface area contributed by atoms with Crippen LogP contribution in [0, 0.1) is 0 Å². The fourth-order valence-electron chi connectivity index (χ4n) is 4.59. The summed E-state index contributed by atoms with van der Waals surface area (Å²) in [5, 5.41) is 19.4. The number of hydrogen-bond donors (Lipinski definition) is 2. The van der Waals surface area contributed by atoms with Gasteiger partial charge in [0.05, 0.1) is 23.3 Å². The highest BCUT2D eigenvalue weighted by Gasteiger charge is 2.41. The molecule has 0 bridgehead atoms. The van der Waals surface area contributed by atoms with Gasteiger partial charge in [-0.05, 0) is 91.8 Å². The van der Waals surface area contributed by atoms with Crippen molar-refractivity contribution in [1.29, 1.82) is 0 Å². The zero-order chi connectivity index (χ0) is 27.8. The van der Waals surface area contributed by atoms with Crippen molar-refractivity contribution in [2.45, 2.75) is 51.5 Å². The molecule has 4 rings (SSSR count). The standard InChI is InChI=1S/C29H27F3O6/c1-28(2,3)38-25(27(35)36)24-21(29(30,31)32)12-11-20(16-6-8-17(9-7-16)26(33)34)23(24)19-10-13-22-18(15-19)5-4-14-37-22/h6-13,15,25H,4-5,14H2,1-3H3,(H,33,34)(H,35,36). The molecule has 0 aromatic heterocycles. The zero-order valence-electron chi connectivity index (χ0n) is 21.1. The number of aromatic carboxylic acids is 1. The van der Waals surface area contributed by atoms with Crippen LogP contribution < -0.4 is 4.74 Å². The molecule has 0 amide bonds. The van der Waals surface area contributed by atoms with E-state index < -0.39 is 40.9 Å². The van der Waals surface area contributed by atoms with E-state index in [1.54, 1.807) is 39.0 Å². The summed E-state index contributed by atoms with van der Waals surface area (Å²) in [5.41, 5.74) is -0.754. The number of aliphatic carboxylic acids is 1. The normalized spacial score (nSPS) is 14.4. The molecule has 3 aromatic rings. The van der Waals surface area contributed by atoms with Crippen molar-refractivity contribution in [1.82, 2.24) is 0 Å². The minimum atomic E-state index is -4.87. The molecule has 2 N–H and O–H groups in total. The molecule has 9 heteroatoms. The lowest BCUT2D eigenvalue weighted by atomic mass is 9.84. The maximum Gasteiger partial charge on any atom is 0.416 e. The minimum absolute atomic E-state index is 0.00726. The molecule has 1 unspecified atom stereocenters. The molecule has 0 aliphatic carbocycles. The Labute approximate surface area is 217 Å². The molecule has 1 heterocycles. The van der Waals surface area contributed by atoms with Gasteiger partial charge in [-0.15, -0.1) is 0 Å². The van der Waals surface area contributed by atoms with E-state index in [2.05, 4.69) is 0 Å². The topological polar surface area (TPSA) is 93.1 Å². The fraction of sp³-hybridized carbons (Fsp3) is 0.310. The summed E-state index contributed by atoms with van der Waals surface area (Å²) in [7, 11) is 0. The van der Waals surface area contributed by atoms with Gasteiger partial charge < -0.3 is 19.7 Å². The molecule has 1 atom stereocenters. The number of benzene rings is 3. The Kier molecular flexibility index (Phi) is 7.25. The van der Waals surface area contributed by atoms with Crippen LogP contribution >= 0.6 is 0 Å². The number of hydrogen-bond acceptors (Lipinski definition) is 4. The number of rotatable bonds is 6. The SMILES string of the molecule is CC(C)(C)OC(C(=O)O)c1c(C(F)(F)F)ccc(-c2ccc(C(=O)O)cc2)c1-c1ccc2c(c1)CCCO2. The molecular formula is C29H27F3O6. The third-order valence-electron chi connectivity index (χ3n) is 6.15. The molecule has 0 fully saturated rings. The van der Waals surface area contributed by atoms with Crippen LogP contribution in [-0.2, 0) is 22.1 Å². The van der Waals surface area contributed by atoms with E-state index in [0.29, 0.717) is 35.5 Å². The van der Waals surface area contributed by atoms with Crippen molar-refractivity contribution < 1.29 is 42.4 Å². The first-order valence-electron chi connectivity index (χ1n) is 12.0. The van der Waals surface area contributed by atoms with Crippen LogP contribution in [0.2, 0.25) is 0 Å². The Morgan fingerprint density at radius 2 is 1.61 bits per heavy atom. The molecule has 200 valence electrons. The van der Waals surface area contributed by atoms with Crippen LogP contribution in [-0.4, -0.2) is 34.4 Å². The molecule has 1 aliphatic heterocycles. The third kappa shape index (κ3) is 5.67. The summed E-state index contributed by atoms with van der Waals surface area (Å²) < 4.78 is 54.7. The summed E-state index contributed by atoms with van der Waals surface area (Å²) in [5.74, 6) is -2.09. The Morgan fingerprint density at radius 3 is 2.18 bits per heavy atom. The van der Waals surface area contributed by atoms with E-state index >= 15 is 0 Å². The molecule has 6 nitrogen and oxygen atoms in total. The summed E-state index contributed by atoms with van der Waals surface area (Å²) in [4.78, 5) is 23.8. The Hall–Kier alpha value is -3.85. The number of halogens is 3. The van der Waals surface area contributed by atoms with Gasteiger partial charge in [0.25, 0.3) is 0 Å². The van der Waals surface area contributed by atoms with Gasteiger partial charge in [-0.25, -0.2) is 9.59 Å². The van der Waals surface area contributed by atoms with Gasteiger partial charge in [-0.1, -0.05) is 24.3 Å². The van der Waals surface area contributed by atoms with Gasteiger partial charge in [-0.3, -0.25) is 0 Å². The van der Waals surface area contributed by atoms with Crippen molar-refractivity contribution in [3.8, 4) is 28.0 Å². The number of carbonyl (C=O) groups is 2. The van der Waals surface area contributed by atoms with Crippen LogP contribution in [0.3, 0.4) is 0 Å². The van der Waals surface area contributed by atoms with Crippen molar-refractivity contribution in [3.05, 3.63) is 76.9 Å². The highest BCUT2D eigenvalue weighted by Crippen LogP contribution is 2.47. The Bertz CT molecular complexity index is 1370. The van der Waals surface area contributed by atoms with Crippen molar-refractivity contribution in [2.24, 2.45) is 0 Å². The molecule has 0 spiro atoms. The fourth-order valence-corrected chi connectivity index (χ4v) is 4.59. The second-order valence-corrected chi connectivity index (χ2v) is 10.1. The Morgan fingerprint density at radius 1 is 0.947 bits per heavy atom. The molecule has 38 heavy (non-hydrogen) atoms. The number of carboxylic acid groups (broad SMARTS) is 2. The Balaban J connectivity index is 2.09. The van der Waals surface area contributed by atoms with E-state index in [-0.39, 0.29) is 11.1 Å². The monoisotopic (exact) mass is 528 g/mol. The first kappa shape index (κ1) is 27.2. The van der Waals surface area contributed by atoms with Crippen molar-refractivity contribution in [3.63, 3.8) is 0 Å². The summed E-state index contributed by atoms with van der Waals surface area (Å²) in [6.07, 6.45) is -5.42. The van der Waals surface area contributed by atoms with E-state index in [4.69, 9.17) is 9.47 Å². The first-order valence-corrected chi connectivity index (χ1v) is 12.0. The third-order valence-corrected chi connectivity index (χ3v) is 6.15. The number of carboxylic acids is 2. The molecular weight excluding hydrogens is 501 g/mol. The van der Waals surface area contributed by atoms with Crippen LogP contribution in [0.1, 0.15) is 60.3 Å². The second-order valence-electron chi connectivity index (χ2n) is 10.1. The average Bonchev–Trinajstić information content (AvgIpc) is 2.85. The molecule has 1 aliphatic rings. The lowest BCUT2D eigenvalue weighted by Crippen LogP contribution is -2.29. The highest BCUT2D eigenvalue weighted by atomic mass is 19.4. The van der Waals surface area contributed by atoms with E-state index in [1.165, 1.54) is 30.3 Å². The van der Waals surface area contributed by atoms with E-state index in [1.807, 2.05) is 0 Å². The van der Waals surface area contributed by atoms with E-state index in [9.17, 15) is 33.0 Å². The maximum absolute atomic E-state index is 14.4. The van der Waals surface area contributed by atoms with Crippen LogP contribution in [0.5, 0.6) is 5.75 Å². The van der Waals surface area contributed by atoms with Gasteiger partial charge >= 0.3 is 18.1 Å². The van der Waals surface area contributed by atoms with Gasteiger partial charge in [0, 0.05) is 5.56 Å². The van der Waals surface area contributed by atoms with Gasteiger partial charge in [0.2, 0.25) is 0 Å². The number of alkyl halides is 3. The molecule has 0 saturated heterocycles. The minimum Gasteiger partial charge on any atom is -0.493 e. The predicted molar refractivity (Wildman–Crippen MR) is 134 cm³/mol. The summed E-state index contributed by atoms with van der Waals surface area (Å²) in [6.45, 7) is 5.24. The van der Waals surface area contributed by atoms with Crippen molar-refractivity contribution >= 4 is 11.9 Å². The lowest BCUT2D eigenvalue weighted by Gasteiger charge is -2.30. The zero-order valence-corrected chi connectivity index (χ0v) is 21.1. The highest BCUT2D eigenvalue weighted by molar-refractivity contribution is 5.92. The van der Waals surface area contributed by atoms with Crippen molar-refractivity contribution in [2.75, 3.05) is 6.61 Å². The predicted octanol–water partition coefficient (Wildman–Crippen LogP) is 7.00. The van der Waals surface area contributed by atoms with Crippen LogP contribution in [0.25, 0.3) is 22.3 Å². The van der Waals surface area contributed by atoms with Crippen LogP contribution in [0.4, 0.5) is 13.2 Å². The lowest BCUT2D eigenvalue weighted by molar-refractivity contribution is -0.163. The summed E-state index contributed by atoms with van der Waals surface area (Å²) >= 11 is 0. The van der Waals surface area contributed by atoms with Crippen LogP contribution in [0.15, 0.2) is 54.6 Å². The number of ether oxygens (including phenoxy) is 2. The second kappa shape index (κ2) is 10.1. The van der Waals surface area contributed by atoms with Gasteiger partial charge in [0.1, 0.15) is 5.75 Å². The quantitative estimate of drug-likeness (QED) is 0.358. The van der Waals surface area contributed by atoms with E-state index in [0.717, 1.165) is 18.1 Å². The number of fused-ring (bicyclic) bond motifs is 1. The molecule has 0 radical (unpaired) electrons. The molecule has 0 saturated carbocycles. The number of aryl methyl sites for hydroxylation is 1. The maximum atomic E-state index is 14.4. The summed E-state index contributed by atoms with van der Waals surface area (Å²) in [6, 6.07) is 12.8. The van der Waals surface area contributed by atoms with Gasteiger partial charge in [0.15, 0.2) is 6.10 Å². The van der Waals surface area contributed by atoms with Gasteiger partial charge in [-0.2, -0.15) is 13.2 Å². The first-order chi connectivity index (χ1) is 17.8. The average molecular weight is 529 g/mol.